The summed E-state index contributed by atoms with van der Waals surface area (Å²) in [5, 5.41) is 19.7. The molecule has 0 bridgehead atoms. The van der Waals surface area contributed by atoms with Gasteiger partial charge in [0.2, 0.25) is 5.82 Å². The van der Waals surface area contributed by atoms with Gasteiger partial charge >= 0.3 is 5.69 Å². The van der Waals surface area contributed by atoms with Gasteiger partial charge in [0.15, 0.2) is 0 Å². The van der Waals surface area contributed by atoms with Gasteiger partial charge in [0.1, 0.15) is 0 Å². The van der Waals surface area contributed by atoms with Crippen molar-refractivity contribution in [3.05, 3.63) is 45.3 Å². The van der Waals surface area contributed by atoms with E-state index >= 15 is 0 Å². The van der Waals surface area contributed by atoms with E-state index in [1.54, 1.807) is 6.08 Å². The molecule has 0 saturated heterocycles. The highest BCUT2D eigenvalue weighted by molar-refractivity contribution is 5.57. The Balaban J connectivity index is 3.16. The van der Waals surface area contributed by atoms with Gasteiger partial charge in [-0.3, -0.25) is 10.1 Å². The monoisotopic (exact) mass is 239 g/mol. The lowest BCUT2D eigenvalue weighted by molar-refractivity contribution is -0.387. The molecule has 0 saturated carbocycles. The minimum Gasteiger partial charge on any atom is -0.392 e. The number of nitrogens with zero attached hydrogens (tertiary/aromatic N) is 1. The van der Waals surface area contributed by atoms with E-state index in [9.17, 15) is 14.5 Å². The lowest BCUT2D eigenvalue weighted by Crippen LogP contribution is -1.99. The summed E-state index contributed by atoms with van der Waals surface area (Å²) in [4.78, 5) is 9.80. The Hall–Kier alpha value is -1.75. The van der Waals surface area contributed by atoms with Crippen molar-refractivity contribution in [2.75, 3.05) is 6.61 Å². The molecule has 1 aromatic carbocycles. The van der Waals surface area contributed by atoms with Crippen LogP contribution in [0.25, 0.3) is 6.08 Å². The molecule has 0 aliphatic carbocycles. The zero-order chi connectivity index (χ0) is 13.0. The Labute approximate surface area is 98.5 Å². The topological polar surface area (TPSA) is 63.4 Å². The minimum absolute atomic E-state index is 0.122. The minimum atomic E-state index is -0.859. The fraction of sp³-hybridized carbons (Fsp3) is 0.333. The molecule has 92 valence electrons. The third-order valence-electron chi connectivity index (χ3n) is 2.44. The van der Waals surface area contributed by atoms with E-state index in [2.05, 4.69) is 0 Å². The second-order valence-electron chi connectivity index (χ2n) is 4.00. The van der Waals surface area contributed by atoms with Crippen molar-refractivity contribution < 1.29 is 14.4 Å². The average molecular weight is 239 g/mol. The van der Waals surface area contributed by atoms with Gasteiger partial charge < -0.3 is 5.11 Å². The number of hydrogen-bond donors (Lipinski definition) is 1. The maximum atomic E-state index is 13.1. The van der Waals surface area contributed by atoms with Gasteiger partial charge in [-0.25, -0.2) is 0 Å². The zero-order valence-corrected chi connectivity index (χ0v) is 9.68. The summed E-state index contributed by atoms with van der Waals surface area (Å²) in [6, 6.07) is 3.66. The molecule has 0 radical (unpaired) electrons. The van der Waals surface area contributed by atoms with Crippen molar-refractivity contribution in [2.24, 2.45) is 5.92 Å². The smallest absolute Gasteiger partial charge is 0.305 e. The Morgan fingerprint density at radius 3 is 2.71 bits per heavy atom. The van der Waals surface area contributed by atoms with Crippen LogP contribution < -0.4 is 0 Å². The normalized spacial score (nSPS) is 11.9. The largest absolute Gasteiger partial charge is 0.392 e. The van der Waals surface area contributed by atoms with E-state index < -0.39 is 16.4 Å². The van der Waals surface area contributed by atoms with Crippen molar-refractivity contribution in [2.45, 2.75) is 13.8 Å². The fourth-order valence-electron chi connectivity index (χ4n) is 1.37. The van der Waals surface area contributed by atoms with Crippen molar-refractivity contribution in [1.29, 1.82) is 0 Å². The molecule has 0 spiro atoms. The van der Waals surface area contributed by atoms with E-state index in [1.165, 1.54) is 6.07 Å². The van der Waals surface area contributed by atoms with Crippen molar-refractivity contribution >= 4 is 11.8 Å². The number of nitro groups is 1. The first-order chi connectivity index (χ1) is 7.95. The van der Waals surface area contributed by atoms with Gasteiger partial charge in [-0.2, -0.15) is 4.39 Å². The number of benzene rings is 1. The van der Waals surface area contributed by atoms with Gasteiger partial charge in [-0.1, -0.05) is 26.0 Å². The van der Waals surface area contributed by atoms with Crippen LogP contribution in [0, 0.1) is 21.8 Å². The van der Waals surface area contributed by atoms with E-state index in [0.717, 1.165) is 17.7 Å². The SMILES string of the molecule is CC(C)/C(=C/c1ccc(F)c([N+](=O)[O-])c1)CO. The maximum absolute atomic E-state index is 13.1. The van der Waals surface area contributed by atoms with Crippen LogP contribution in [0.5, 0.6) is 0 Å². The average Bonchev–Trinajstić information content (AvgIpc) is 2.27. The second-order valence-corrected chi connectivity index (χ2v) is 4.00. The third kappa shape index (κ3) is 3.35. The summed E-state index contributed by atoms with van der Waals surface area (Å²) in [5.74, 6) is -0.730. The van der Waals surface area contributed by atoms with Crippen LogP contribution in [0.1, 0.15) is 19.4 Å². The Bertz CT molecular complexity index is 455. The van der Waals surface area contributed by atoms with Crippen LogP contribution in [-0.4, -0.2) is 16.6 Å². The molecule has 0 fully saturated rings. The summed E-state index contributed by atoms with van der Waals surface area (Å²) in [7, 11) is 0. The number of aliphatic hydroxyl groups excluding tert-OH is 1. The summed E-state index contributed by atoms with van der Waals surface area (Å²) in [5.41, 5.74) is 0.696. The number of aliphatic hydroxyl groups is 1. The molecular weight excluding hydrogens is 225 g/mol. The predicted octanol–water partition coefficient (Wildman–Crippen LogP) is 2.77. The van der Waals surface area contributed by atoms with Gasteiger partial charge in [0, 0.05) is 6.07 Å². The van der Waals surface area contributed by atoms with E-state index in [-0.39, 0.29) is 12.5 Å². The first-order valence-electron chi connectivity index (χ1n) is 5.21. The molecule has 1 rings (SSSR count). The molecule has 1 N–H and O–H groups in total. The Morgan fingerprint density at radius 2 is 2.24 bits per heavy atom. The van der Waals surface area contributed by atoms with E-state index in [1.807, 2.05) is 13.8 Å². The standard InChI is InChI=1S/C12H14FNO3/c1-8(2)10(7-15)5-9-3-4-11(13)12(6-9)14(16)17/h3-6,8,15H,7H2,1-2H3/b10-5+. The van der Waals surface area contributed by atoms with Gasteiger partial charge in [-0.15, -0.1) is 0 Å². The lowest BCUT2D eigenvalue weighted by atomic mass is 10.0. The summed E-state index contributed by atoms with van der Waals surface area (Å²) in [6.45, 7) is 3.68. The van der Waals surface area contributed by atoms with Crippen LogP contribution in [-0.2, 0) is 0 Å². The molecule has 17 heavy (non-hydrogen) atoms. The summed E-state index contributed by atoms with van der Waals surface area (Å²) in [6.07, 6.45) is 1.64. The van der Waals surface area contributed by atoms with E-state index in [4.69, 9.17) is 5.11 Å². The highest BCUT2D eigenvalue weighted by Crippen LogP contribution is 2.21. The Kier molecular flexibility index (Phi) is 4.34. The zero-order valence-electron chi connectivity index (χ0n) is 9.68. The van der Waals surface area contributed by atoms with Crippen molar-refractivity contribution in [1.82, 2.24) is 0 Å². The molecule has 1 aromatic rings. The summed E-state index contributed by atoms with van der Waals surface area (Å²) >= 11 is 0. The van der Waals surface area contributed by atoms with Gasteiger partial charge in [0.05, 0.1) is 11.5 Å². The number of rotatable bonds is 4. The molecule has 0 aromatic heterocycles. The first-order valence-corrected chi connectivity index (χ1v) is 5.21. The highest BCUT2D eigenvalue weighted by atomic mass is 19.1. The van der Waals surface area contributed by atoms with Gasteiger partial charge in [0.25, 0.3) is 0 Å². The molecule has 4 nitrogen and oxygen atoms in total. The number of halogens is 1. The van der Waals surface area contributed by atoms with Crippen LogP contribution in [0.3, 0.4) is 0 Å². The molecular formula is C12H14FNO3. The molecule has 0 amide bonds. The second kappa shape index (κ2) is 5.54. The van der Waals surface area contributed by atoms with Crippen LogP contribution in [0.15, 0.2) is 23.8 Å². The van der Waals surface area contributed by atoms with Crippen LogP contribution in [0.2, 0.25) is 0 Å². The molecule has 0 aliphatic heterocycles. The molecule has 0 heterocycles. The fourth-order valence-corrected chi connectivity index (χ4v) is 1.37. The van der Waals surface area contributed by atoms with Crippen molar-refractivity contribution in [3.8, 4) is 0 Å². The molecule has 0 aliphatic rings. The molecule has 0 unspecified atom stereocenters. The maximum Gasteiger partial charge on any atom is 0.305 e. The van der Waals surface area contributed by atoms with Crippen LogP contribution >= 0.6 is 0 Å². The first kappa shape index (κ1) is 13.3. The molecule has 0 atom stereocenters. The third-order valence-corrected chi connectivity index (χ3v) is 2.44. The van der Waals surface area contributed by atoms with E-state index in [0.29, 0.717) is 5.56 Å². The van der Waals surface area contributed by atoms with Crippen molar-refractivity contribution in [3.63, 3.8) is 0 Å². The predicted molar refractivity (Wildman–Crippen MR) is 63.0 cm³/mol. The van der Waals surface area contributed by atoms with Gasteiger partial charge in [-0.05, 0) is 23.1 Å². The van der Waals surface area contributed by atoms with Crippen LogP contribution in [0.4, 0.5) is 10.1 Å². The molecule has 5 heteroatoms. The summed E-state index contributed by atoms with van der Waals surface area (Å²) < 4.78 is 13.1. The number of nitro benzene ring substituents is 1. The number of hydrogen-bond acceptors (Lipinski definition) is 3. The quantitative estimate of drug-likeness (QED) is 0.649. The Morgan fingerprint density at radius 1 is 1.59 bits per heavy atom. The highest BCUT2D eigenvalue weighted by Gasteiger charge is 2.14. The lowest BCUT2D eigenvalue weighted by Gasteiger charge is -2.07.